The summed E-state index contributed by atoms with van der Waals surface area (Å²) < 4.78 is 0. The Bertz CT molecular complexity index is 571. The van der Waals surface area contributed by atoms with Crippen molar-refractivity contribution >= 4 is 23.6 Å². The number of hydrogen-bond acceptors (Lipinski definition) is 3. The first-order valence-electron chi connectivity index (χ1n) is 9.97. The minimum Gasteiger partial charge on any atom is -0.355 e. The minimum absolute atomic E-state index is 0.0492. The van der Waals surface area contributed by atoms with Crippen LogP contribution in [0.2, 0.25) is 0 Å². The molecule has 2 N–H and O–H groups in total. The van der Waals surface area contributed by atoms with E-state index in [1.165, 1.54) is 43.9 Å². The SMILES string of the molecule is CCCCCNC(=O)c1ccccc1SCC(=O)NCC1CCCCC1. The molecule has 26 heavy (non-hydrogen) atoms. The van der Waals surface area contributed by atoms with E-state index in [-0.39, 0.29) is 11.8 Å². The van der Waals surface area contributed by atoms with E-state index in [9.17, 15) is 9.59 Å². The van der Waals surface area contributed by atoms with Crippen molar-refractivity contribution in [1.82, 2.24) is 10.6 Å². The molecule has 1 aromatic rings. The number of thioether (sulfide) groups is 1. The van der Waals surface area contributed by atoms with Crippen LogP contribution in [0, 0.1) is 5.92 Å². The van der Waals surface area contributed by atoms with Crippen LogP contribution in [-0.2, 0) is 4.79 Å². The molecule has 1 saturated carbocycles. The summed E-state index contributed by atoms with van der Waals surface area (Å²) in [6.45, 7) is 3.64. The minimum atomic E-state index is -0.0492. The second-order valence-corrected chi connectivity index (χ2v) is 8.07. The molecule has 1 aliphatic carbocycles. The molecule has 0 saturated heterocycles. The lowest BCUT2D eigenvalue weighted by Gasteiger charge is -2.21. The second kappa shape index (κ2) is 12.0. The van der Waals surface area contributed by atoms with Gasteiger partial charge in [0.25, 0.3) is 5.91 Å². The van der Waals surface area contributed by atoms with E-state index in [0.29, 0.717) is 23.8 Å². The predicted octanol–water partition coefficient (Wildman–Crippen LogP) is 4.40. The Hall–Kier alpha value is -1.49. The van der Waals surface area contributed by atoms with Gasteiger partial charge in [-0.15, -0.1) is 11.8 Å². The maximum absolute atomic E-state index is 12.4. The molecule has 0 radical (unpaired) electrons. The van der Waals surface area contributed by atoms with E-state index in [0.717, 1.165) is 30.7 Å². The van der Waals surface area contributed by atoms with Gasteiger partial charge in [-0.25, -0.2) is 0 Å². The van der Waals surface area contributed by atoms with Gasteiger partial charge in [-0.2, -0.15) is 0 Å². The highest BCUT2D eigenvalue weighted by Crippen LogP contribution is 2.24. The quantitative estimate of drug-likeness (QED) is 0.470. The lowest BCUT2D eigenvalue weighted by Crippen LogP contribution is -2.31. The third-order valence-electron chi connectivity index (χ3n) is 4.87. The second-order valence-electron chi connectivity index (χ2n) is 7.06. The zero-order valence-corrected chi connectivity index (χ0v) is 16.7. The molecule has 0 bridgehead atoms. The van der Waals surface area contributed by atoms with Crippen LogP contribution in [0.3, 0.4) is 0 Å². The van der Waals surface area contributed by atoms with E-state index in [2.05, 4.69) is 17.6 Å². The first-order chi connectivity index (χ1) is 12.7. The van der Waals surface area contributed by atoms with Crippen LogP contribution in [0.15, 0.2) is 29.2 Å². The average molecular weight is 377 g/mol. The maximum Gasteiger partial charge on any atom is 0.252 e. The summed E-state index contributed by atoms with van der Waals surface area (Å²) in [6.07, 6.45) is 9.63. The Balaban J connectivity index is 1.77. The van der Waals surface area contributed by atoms with Crippen LogP contribution in [-0.4, -0.2) is 30.7 Å². The molecular weight excluding hydrogens is 344 g/mol. The van der Waals surface area contributed by atoms with Gasteiger partial charge in [0.05, 0.1) is 11.3 Å². The standard InChI is InChI=1S/C21H32N2O2S/c1-2-3-9-14-22-21(25)18-12-7-8-13-19(18)26-16-20(24)23-15-17-10-5-4-6-11-17/h7-8,12-13,17H,2-6,9-11,14-16H2,1H3,(H,22,25)(H,23,24). The summed E-state index contributed by atoms with van der Waals surface area (Å²) in [7, 11) is 0. The zero-order chi connectivity index (χ0) is 18.6. The van der Waals surface area contributed by atoms with E-state index in [4.69, 9.17) is 0 Å². The normalized spacial score (nSPS) is 14.8. The highest BCUT2D eigenvalue weighted by Gasteiger charge is 2.15. The number of amides is 2. The van der Waals surface area contributed by atoms with Crippen LogP contribution in [0.1, 0.15) is 68.6 Å². The van der Waals surface area contributed by atoms with E-state index >= 15 is 0 Å². The molecule has 0 atom stereocenters. The summed E-state index contributed by atoms with van der Waals surface area (Å²) in [4.78, 5) is 25.4. The molecule has 0 spiro atoms. The average Bonchev–Trinajstić information content (AvgIpc) is 2.69. The molecule has 144 valence electrons. The molecule has 2 rings (SSSR count). The first-order valence-corrected chi connectivity index (χ1v) is 11.0. The van der Waals surface area contributed by atoms with Crippen molar-refractivity contribution in [3.63, 3.8) is 0 Å². The van der Waals surface area contributed by atoms with Gasteiger partial charge in [-0.3, -0.25) is 9.59 Å². The molecule has 0 heterocycles. The number of carbonyl (C=O) groups is 2. The van der Waals surface area contributed by atoms with Crippen LogP contribution >= 0.6 is 11.8 Å². The Morgan fingerprint density at radius 2 is 1.85 bits per heavy atom. The number of benzene rings is 1. The van der Waals surface area contributed by atoms with Crippen molar-refractivity contribution in [2.24, 2.45) is 5.92 Å². The fourth-order valence-corrected chi connectivity index (χ4v) is 4.18. The Labute approximate surface area is 161 Å². The maximum atomic E-state index is 12.4. The number of hydrogen-bond donors (Lipinski definition) is 2. The van der Waals surface area contributed by atoms with Crippen molar-refractivity contribution < 1.29 is 9.59 Å². The van der Waals surface area contributed by atoms with Gasteiger partial charge in [-0.1, -0.05) is 51.2 Å². The number of rotatable bonds is 10. The van der Waals surface area contributed by atoms with Crippen LogP contribution < -0.4 is 10.6 Å². The van der Waals surface area contributed by atoms with Gasteiger partial charge < -0.3 is 10.6 Å². The van der Waals surface area contributed by atoms with Crippen molar-refractivity contribution in [2.45, 2.75) is 63.2 Å². The molecule has 2 amide bonds. The largest absolute Gasteiger partial charge is 0.355 e. The molecule has 1 aliphatic rings. The Morgan fingerprint density at radius 1 is 1.08 bits per heavy atom. The monoisotopic (exact) mass is 376 g/mol. The molecule has 5 heteroatoms. The topological polar surface area (TPSA) is 58.2 Å². The lowest BCUT2D eigenvalue weighted by molar-refractivity contribution is -0.118. The number of unbranched alkanes of at least 4 members (excludes halogenated alkanes) is 2. The van der Waals surface area contributed by atoms with Gasteiger partial charge in [0, 0.05) is 18.0 Å². The predicted molar refractivity (Wildman–Crippen MR) is 109 cm³/mol. The van der Waals surface area contributed by atoms with Crippen LogP contribution in [0.25, 0.3) is 0 Å². The van der Waals surface area contributed by atoms with Crippen LogP contribution in [0.4, 0.5) is 0 Å². The fraction of sp³-hybridized carbons (Fsp3) is 0.619. The van der Waals surface area contributed by atoms with Gasteiger partial charge in [0.15, 0.2) is 0 Å². The molecule has 1 fully saturated rings. The molecular formula is C21H32N2O2S. The van der Waals surface area contributed by atoms with E-state index < -0.39 is 0 Å². The first kappa shape index (κ1) is 20.8. The van der Waals surface area contributed by atoms with Crippen LogP contribution in [0.5, 0.6) is 0 Å². The van der Waals surface area contributed by atoms with Gasteiger partial charge in [-0.05, 0) is 37.3 Å². The number of nitrogens with one attached hydrogen (secondary N) is 2. The lowest BCUT2D eigenvalue weighted by atomic mass is 9.89. The molecule has 4 nitrogen and oxygen atoms in total. The summed E-state index contributed by atoms with van der Waals surface area (Å²) in [6, 6.07) is 7.53. The Kier molecular flexibility index (Phi) is 9.61. The summed E-state index contributed by atoms with van der Waals surface area (Å²) in [5.74, 6) is 0.997. The van der Waals surface area contributed by atoms with E-state index in [1.807, 2.05) is 24.3 Å². The molecule has 0 aliphatic heterocycles. The summed E-state index contributed by atoms with van der Waals surface area (Å²) in [5, 5.41) is 6.04. The molecule has 0 aromatic heterocycles. The Morgan fingerprint density at radius 3 is 2.62 bits per heavy atom. The smallest absolute Gasteiger partial charge is 0.252 e. The third-order valence-corrected chi connectivity index (χ3v) is 5.94. The fourth-order valence-electron chi connectivity index (χ4n) is 3.30. The highest BCUT2D eigenvalue weighted by molar-refractivity contribution is 8.00. The molecule has 1 aromatic carbocycles. The van der Waals surface area contributed by atoms with Gasteiger partial charge in [0.1, 0.15) is 0 Å². The van der Waals surface area contributed by atoms with Crippen molar-refractivity contribution in [2.75, 3.05) is 18.8 Å². The zero-order valence-electron chi connectivity index (χ0n) is 15.9. The van der Waals surface area contributed by atoms with Crippen molar-refractivity contribution in [1.29, 1.82) is 0 Å². The highest BCUT2D eigenvalue weighted by atomic mass is 32.2. The van der Waals surface area contributed by atoms with Crippen molar-refractivity contribution in [3.05, 3.63) is 29.8 Å². The van der Waals surface area contributed by atoms with Gasteiger partial charge >= 0.3 is 0 Å². The number of carbonyl (C=O) groups excluding carboxylic acids is 2. The molecule has 0 unspecified atom stereocenters. The third kappa shape index (κ3) is 7.40. The summed E-state index contributed by atoms with van der Waals surface area (Å²) >= 11 is 1.44. The van der Waals surface area contributed by atoms with Crippen molar-refractivity contribution in [3.8, 4) is 0 Å². The van der Waals surface area contributed by atoms with Gasteiger partial charge in [0.2, 0.25) is 5.91 Å². The van der Waals surface area contributed by atoms with E-state index in [1.54, 1.807) is 0 Å². The summed E-state index contributed by atoms with van der Waals surface area (Å²) in [5.41, 5.74) is 0.661.